The van der Waals surface area contributed by atoms with Crippen molar-refractivity contribution >= 4 is 23.4 Å². The highest BCUT2D eigenvalue weighted by molar-refractivity contribution is 5.96. The van der Waals surface area contributed by atoms with Gasteiger partial charge in [-0.25, -0.2) is 4.79 Å². The Morgan fingerprint density at radius 3 is 2.26 bits per heavy atom. The van der Waals surface area contributed by atoms with Crippen LogP contribution in [0.3, 0.4) is 0 Å². The predicted molar refractivity (Wildman–Crippen MR) is 117 cm³/mol. The maximum atomic E-state index is 12.9. The van der Waals surface area contributed by atoms with Crippen molar-refractivity contribution < 1.29 is 19.2 Å². The van der Waals surface area contributed by atoms with Crippen LogP contribution in [-0.4, -0.2) is 64.5 Å². The Labute approximate surface area is 182 Å². The zero-order valence-corrected chi connectivity index (χ0v) is 18.6. The smallest absolute Gasteiger partial charge is 0.410 e. The van der Waals surface area contributed by atoms with E-state index in [0.29, 0.717) is 31.9 Å². The van der Waals surface area contributed by atoms with Gasteiger partial charge in [0.1, 0.15) is 11.3 Å². The predicted octanol–water partition coefficient (Wildman–Crippen LogP) is 4.03. The fraction of sp³-hybridized carbons (Fsp3) is 0.636. The molecule has 0 radical (unpaired) electrons. The Bertz CT molecular complexity index is 822. The van der Waals surface area contributed by atoms with Gasteiger partial charge in [-0.15, -0.1) is 0 Å². The maximum Gasteiger partial charge on any atom is 0.410 e. The molecule has 3 rings (SSSR count). The third-order valence-corrected chi connectivity index (χ3v) is 5.62. The summed E-state index contributed by atoms with van der Waals surface area (Å²) in [6.45, 7) is 6.87. The first-order valence-electron chi connectivity index (χ1n) is 11.0. The van der Waals surface area contributed by atoms with Gasteiger partial charge in [-0.2, -0.15) is 0 Å². The van der Waals surface area contributed by atoms with Gasteiger partial charge < -0.3 is 19.9 Å². The van der Waals surface area contributed by atoms with Crippen LogP contribution in [0.1, 0.15) is 63.2 Å². The number of rotatable bonds is 4. The zero-order valence-electron chi connectivity index (χ0n) is 18.6. The molecule has 0 spiro atoms. The molecule has 1 saturated heterocycles. The van der Waals surface area contributed by atoms with E-state index in [1.807, 2.05) is 20.8 Å². The minimum absolute atomic E-state index is 0.0798. The summed E-state index contributed by atoms with van der Waals surface area (Å²) in [6, 6.07) is 4.86. The molecule has 0 aromatic heterocycles. The van der Waals surface area contributed by atoms with Crippen molar-refractivity contribution in [2.75, 3.05) is 31.5 Å². The van der Waals surface area contributed by atoms with Gasteiger partial charge in [-0.05, 0) is 45.7 Å². The normalized spacial score (nSPS) is 17.9. The average molecular weight is 433 g/mol. The van der Waals surface area contributed by atoms with Gasteiger partial charge in [0.15, 0.2) is 0 Å². The first-order valence-corrected chi connectivity index (χ1v) is 11.0. The molecule has 1 aliphatic carbocycles. The molecule has 1 N–H and O–H groups in total. The third-order valence-electron chi connectivity index (χ3n) is 5.62. The minimum Gasteiger partial charge on any atom is -0.444 e. The van der Waals surface area contributed by atoms with E-state index >= 15 is 0 Å². The molecular weight excluding hydrogens is 400 g/mol. The molecule has 0 bridgehead atoms. The minimum atomic E-state index is -0.573. The first-order chi connectivity index (χ1) is 14.6. The summed E-state index contributed by atoms with van der Waals surface area (Å²) < 4.78 is 5.38. The number of carbonyl (C=O) groups excluding carboxylic acids is 2. The highest BCUT2D eigenvalue weighted by Gasteiger charge is 2.29. The summed E-state index contributed by atoms with van der Waals surface area (Å²) in [7, 11) is 0. The number of anilines is 1. The molecule has 1 aromatic carbocycles. The topological polar surface area (TPSA) is 105 Å². The number of ether oxygens (including phenoxy) is 1. The Morgan fingerprint density at radius 1 is 1.06 bits per heavy atom. The highest BCUT2D eigenvalue weighted by atomic mass is 16.6. The van der Waals surface area contributed by atoms with Gasteiger partial charge in [0.2, 0.25) is 0 Å². The second kappa shape index (κ2) is 9.53. The average Bonchev–Trinajstić information content (AvgIpc) is 2.73. The molecule has 1 aromatic rings. The Hall–Kier alpha value is -2.84. The number of amides is 2. The van der Waals surface area contributed by atoms with Gasteiger partial charge in [0.25, 0.3) is 11.6 Å². The largest absolute Gasteiger partial charge is 0.444 e. The fourth-order valence-corrected chi connectivity index (χ4v) is 4.01. The lowest BCUT2D eigenvalue weighted by atomic mass is 9.95. The second-order valence-electron chi connectivity index (χ2n) is 9.23. The van der Waals surface area contributed by atoms with Crippen molar-refractivity contribution in [1.82, 2.24) is 9.80 Å². The number of carbonyl (C=O) groups is 2. The molecular formula is C22H32N4O5. The number of nitro benzene ring substituents is 1. The number of hydrogen-bond donors (Lipinski definition) is 1. The second-order valence-corrected chi connectivity index (χ2v) is 9.23. The lowest BCUT2D eigenvalue weighted by molar-refractivity contribution is -0.384. The number of nitro groups is 1. The third kappa shape index (κ3) is 6.08. The van der Waals surface area contributed by atoms with Crippen LogP contribution < -0.4 is 5.32 Å². The number of piperazine rings is 1. The fourth-order valence-electron chi connectivity index (χ4n) is 4.01. The van der Waals surface area contributed by atoms with Crippen LogP contribution in [0, 0.1) is 10.1 Å². The van der Waals surface area contributed by atoms with Crippen LogP contribution in [0.5, 0.6) is 0 Å². The quantitative estimate of drug-likeness (QED) is 0.569. The van der Waals surface area contributed by atoms with Crippen LogP contribution in [-0.2, 0) is 4.74 Å². The molecule has 2 fully saturated rings. The number of nitrogens with zero attached hydrogens (tertiary/aromatic N) is 3. The van der Waals surface area contributed by atoms with E-state index in [1.54, 1.807) is 21.9 Å². The van der Waals surface area contributed by atoms with Gasteiger partial charge in [0, 0.05) is 43.9 Å². The summed E-state index contributed by atoms with van der Waals surface area (Å²) in [4.78, 5) is 39.5. The molecule has 1 heterocycles. The summed E-state index contributed by atoms with van der Waals surface area (Å²) in [5, 5.41) is 14.9. The molecule has 31 heavy (non-hydrogen) atoms. The standard InChI is InChI=1S/C22H32N4O5/c1-22(2,3)31-21(28)25-13-11-24(12-14-25)20(27)16-9-10-18(19(15-16)26(29)30)23-17-7-5-4-6-8-17/h9-10,15,17,23H,4-8,11-14H2,1-3H3. The molecule has 0 unspecified atom stereocenters. The van der Waals surface area contributed by atoms with Crippen molar-refractivity contribution in [2.45, 2.75) is 64.5 Å². The first kappa shape index (κ1) is 22.8. The molecule has 1 aliphatic heterocycles. The van der Waals surface area contributed by atoms with E-state index in [1.165, 1.54) is 12.5 Å². The number of nitrogens with one attached hydrogen (secondary N) is 1. The van der Waals surface area contributed by atoms with Gasteiger partial charge >= 0.3 is 6.09 Å². The van der Waals surface area contributed by atoms with Crippen molar-refractivity contribution in [3.8, 4) is 0 Å². The molecule has 9 nitrogen and oxygen atoms in total. The summed E-state index contributed by atoms with van der Waals surface area (Å²) in [6.07, 6.45) is 5.05. The van der Waals surface area contributed by atoms with Crippen LogP contribution in [0.15, 0.2) is 18.2 Å². The number of hydrogen-bond acceptors (Lipinski definition) is 6. The van der Waals surface area contributed by atoms with Crippen molar-refractivity contribution in [1.29, 1.82) is 0 Å². The molecule has 2 amide bonds. The Morgan fingerprint density at radius 2 is 1.68 bits per heavy atom. The maximum absolute atomic E-state index is 12.9. The van der Waals surface area contributed by atoms with Crippen LogP contribution >= 0.6 is 0 Å². The van der Waals surface area contributed by atoms with Crippen molar-refractivity contribution in [2.24, 2.45) is 0 Å². The van der Waals surface area contributed by atoms with E-state index in [2.05, 4.69) is 5.32 Å². The van der Waals surface area contributed by atoms with Crippen molar-refractivity contribution in [3.63, 3.8) is 0 Å². The van der Waals surface area contributed by atoms with Gasteiger partial charge in [0.05, 0.1) is 4.92 Å². The zero-order chi connectivity index (χ0) is 22.6. The van der Waals surface area contributed by atoms with E-state index in [9.17, 15) is 19.7 Å². The molecule has 9 heteroatoms. The van der Waals surface area contributed by atoms with E-state index in [4.69, 9.17) is 4.74 Å². The Kier molecular flexibility index (Phi) is 7.02. The van der Waals surface area contributed by atoms with E-state index in [-0.39, 0.29) is 23.2 Å². The van der Waals surface area contributed by atoms with E-state index < -0.39 is 16.6 Å². The molecule has 2 aliphatic rings. The summed E-state index contributed by atoms with van der Waals surface area (Å²) >= 11 is 0. The van der Waals surface area contributed by atoms with Crippen LogP contribution in [0.4, 0.5) is 16.2 Å². The SMILES string of the molecule is CC(C)(C)OC(=O)N1CCN(C(=O)c2ccc(NC3CCCCC3)c([N+](=O)[O-])c2)CC1. The van der Waals surface area contributed by atoms with Crippen LogP contribution in [0.25, 0.3) is 0 Å². The molecule has 1 saturated carbocycles. The monoisotopic (exact) mass is 432 g/mol. The lowest BCUT2D eigenvalue weighted by Gasteiger charge is -2.35. The summed E-state index contributed by atoms with van der Waals surface area (Å²) in [5.41, 5.74) is 0.0924. The van der Waals surface area contributed by atoms with Crippen molar-refractivity contribution in [3.05, 3.63) is 33.9 Å². The summed E-state index contributed by atoms with van der Waals surface area (Å²) in [5.74, 6) is -0.267. The molecule has 170 valence electrons. The lowest BCUT2D eigenvalue weighted by Crippen LogP contribution is -2.51. The van der Waals surface area contributed by atoms with Crippen LogP contribution in [0.2, 0.25) is 0 Å². The number of benzene rings is 1. The molecule has 0 atom stereocenters. The van der Waals surface area contributed by atoms with E-state index in [0.717, 1.165) is 25.7 Å². The highest BCUT2D eigenvalue weighted by Crippen LogP contribution is 2.30. The van der Waals surface area contributed by atoms with Gasteiger partial charge in [-0.1, -0.05) is 19.3 Å². The van der Waals surface area contributed by atoms with Gasteiger partial charge in [-0.3, -0.25) is 14.9 Å². The Balaban J connectivity index is 1.64.